The van der Waals surface area contributed by atoms with Crippen LogP contribution in [0.4, 0.5) is 8.78 Å². The van der Waals surface area contributed by atoms with Crippen molar-refractivity contribution in [2.24, 2.45) is 0 Å². The van der Waals surface area contributed by atoms with Crippen LogP contribution in [0.5, 0.6) is 0 Å². The SMILES string of the molecule is FC(F)c1cc(Br)c2c(c1)CNC2. The fourth-order valence-corrected chi connectivity index (χ4v) is 2.18. The lowest BCUT2D eigenvalue weighted by Crippen LogP contribution is -2.00. The molecule has 0 saturated heterocycles. The summed E-state index contributed by atoms with van der Waals surface area (Å²) in [4.78, 5) is 0. The summed E-state index contributed by atoms with van der Waals surface area (Å²) in [6, 6.07) is 3.07. The molecule has 0 bridgehead atoms. The minimum Gasteiger partial charge on any atom is -0.309 e. The standard InChI is InChI=1S/C9H8BrF2N/c10-8-2-5(9(11)12)1-6-3-13-4-7(6)8/h1-2,9,13H,3-4H2. The number of rotatable bonds is 1. The maximum Gasteiger partial charge on any atom is 0.263 e. The smallest absolute Gasteiger partial charge is 0.263 e. The molecule has 1 aromatic carbocycles. The van der Waals surface area contributed by atoms with Gasteiger partial charge >= 0.3 is 0 Å². The molecule has 0 aromatic heterocycles. The molecule has 1 heterocycles. The zero-order valence-electron chi connectivity index (χ0n) is 6.78. The molecular formula is C9H8BrF2N. The zero-order chi connectivity index (χ0) is 9.42. The molecule has 2 rings (SSSR count). The second kappa shape index (κ2) is 3.35. The third-order valence-electron chi connectivity index (χ3n) is 2.18. The average molecular weight is 248 g/mol. The van der Waals surface area contributed by atoms with E-state index in [0.29, 0.717) is 6.54 Å². The molecule has 1 aliphatic heterocycles. The fourth-order valence-electron chi connectivity index (χ4n) is 1.52. The van der Waals surface area contributed by atoms with Crippen LogP contribution < -0.4 is 5.32 Å². The molecule has 1 aliphatic rings. The van der Waals surface area contributed by atoms with Crippen LogP contribution in [0.2, 0.25) is 0 Å². The predicted octanol–water partition coefficient (Wildman–Crippen LogP) is 2.99. The lowest BCUT2D eigenvalue weighted by atomic mass is 10.1. The molecule has 0 fully saturated rings. The van der Waals surface area contributed by atoms with Crippen molar-refractivity contribution >= 4 is 15.9 Å². The summed E-state index contributed by atoms with van der Waals surface area (Å²) in [5, 5.41) is 3.12. The van der Waals surface area contributed by atoms with Crippen LogP contribution in [0.25, 0.3) is 0 Å². The summed E-state index contributed by atoms with van der Waals surface area (Å²) in [5.74, 6) is 0. The first-order chi connectivity index (χ1) is 6.18. The molecule has 1 nitrogen and oxygen atoms in total. The predicted molar refractivity (Wildman–Crippen MR) is 49.6 cm³/mol. The van der Waals surface area contributed by atoms with Crippen LogP contribution in [0.3, 0.4) is 0 Å². The van der Waals surface area contributed by atoms with Crippen LogP contribution >= 0.6 is 15.9 Å². The molecule has 4 heteroatoms. The molecule has 0 atom stereocenters. The van der Waals surface area contributed by atoms with Gasteiger partial charge in [0.1, 0.15) is 0 Å². The van der Waals surface area contributed by atoms with E-state index in [0.717, 1.165) is 22.1 Å². The highest BCUT2D eigenvalue weighted by atomic mass is 79.9. The van der Waals surface area contributed by atoms with Gasteiger partial charge in [-0.15, -0.1) is 0 Å². The number of nitrogens with one attached hydrogen (secondary N) is 1. The zero-order valence-corrected chi connectivity index (χ0v) is 8.37. The Morgan fingerprint density at radius 2 is 2.08 bits per heavy atom. The van der Waals surface area contributed by atoms with Crippen LogP contribution in [0.1, 0.15) is 23.1 Å². The summed E-state index contributed by atoms with van der Waals surface area (Å²) < 4.78 is 25.5. The second-order valence-corrected chi connectivity index (χ2v) is 3.90. The first-order valence-corrected chi connectivity index (χ1v) is 4.78. The second-order valence-electron chi connectivity index (χ2n) is 3.04. The van der Waals surface area contributed by atoms with E-state index in [2.05, 4.69) is 21.2 Å². The van der Waals surface area contributed by atoms with Crippen molar-refractivity contribution < 1.29 is 8.78 Å². The summed E-state index contributed by atoms with van der Waals surface area (Å²) in [6.07, 6.45) is -2.39. The van der Waals surface area contributed by atoms with Crippen molar-refractivity contribution in [1.82, 2.24) is 5.32 Å². The quantitative estimate of drug-likeness (QED) is 0.805. The Morgan fingerprint density at radius 1 is 1.31 bits per heavy atom. The maximum atomic E-state index is 12.4. The molecule has 13 heavy (non-hydrogen) atoms. The van der Waals surface area contributed by atoms with Gasteiger partial charge in [0.15, 0.2) is 0 Å². The highest BCUT2D eigenvalue weighted by Crippen LogP contribution is 2.30. The summed E-state index contributed by atoms with van der Waals surface area (Å²) in [5.41, 5.74) is 2.17. The highest BCUT2D eigenvalue weighted by Gasteiger charge is 2.17. The van der Waals surface area contributed by atoms with E-state index in [1.54, 1.807) is 6.07 Å². The third kappa shape index (κ3) is 1.60. The summed E-state index contributed by atoms with van der Waals surface area (Å²) in [6.45, 7) is 1.45. The van der Waals surface area contributed by atoms with Gasteiger partial charge in [0, 0.05) is 23.1 Å². The topological polar surface area (TPSA) is 12.0 Å². The van der Waals surface area contributed by atoms with Gasteiger partial charge < -0.3 is 5.32 Å². The normalized spacial score (nSPS) is 15.1. The van der Waals surface area contributed by atoms with Gasteiger partial charge in [-0.2, -0.15) is 0 Å². The number of halogens is 3. The highest BCUT2D eigenvalue weighted by molar-refractivity contribution is 9.10. The molecule has 0 saturated carbocycles. The van der Waals surface area contributed by atoms with Crippen molar-refractivity contribution in [3.63, 3.8) is 0 Å². The van der Waals surface area contributed by atoms with Gasteiger partial charge in [-0.05, 0) is 23.3 Å². The van der Waals surface area contributed by atoms with E-state index in [1.165, 1.54) is 6.07 Å². The van der Waals surface area contributed by atoms with Gasteiger partial charge in [-0.1, -0.05) is 15.9 Å². The van der Waals surface area contributed by atoms with E-state index in [1.807, 2.05) is 0 Å². The van der Waals surface area contributed by atoms with Gasteiger partial charge in [0.05, 0.1) is 0 Å². The van der Waals surface area contributed by atoms with E-state index >= 15 is 0 Å². The largest absolute Gasteiger partial charge is 0.309 e. The van der Waals surface area contributed by atoms with Gasteiger partial charge in [0.25, 0.3) is 6.43 Å². The first kappa shape index (κ1) is 9.09. The Balaban J connectivity index is 2.49. The Labute approximate surface area is 83.3 Å². The minimum absolute atomic E-state index is 0.0920. The van der Waals surface area contributed by atoms with Gasteiger partial charge in [-0.25, -0.2) is 8.78 Å². The number of fused-ring (bicyclic) bond motifs is 1. The summed E-state index contributed by atoms with van der Waals surface area (Å²) >= 11 is 3.29. The maximum absolute atomic E-state index is 12.4. The van der Waals surface area contributed by atoms with Crippen molar-refractivity contribution in [2.45, 2.75) is 19.5 Å². The fraction of sp³-hybridized carbons (Fsp3) is 0.333. The van der Waals surface area contributed by atoms with Gasteiger partial charge in [-0.3, -0.25) is 0 Å². The van der Waals surface area contributed by atoms with E-state index in [-0.39, 0.29) is 5.56 Å². The molecule has 0 unspecified atom stereocenters. The average Bonchev–Trinajstić information content (AvgIpc) is 2.51. The van der Waals surface area contributed by atoms with Crippen molar-refractivity contribution in [1.29, 1.82) is 0 Å². The van der Waals surface area contributed by atoms with E-state index in [9.17, 15) is 8.78 Å². The lowest BCUT2D eigenvalue weighted by molar-refractivity contribution is 0.151. The molecule has 1 aromatic rings. The molecule has 70 valence electrons. The monoisotopic (exact) mass is 247 g/mol. The van der Waals surface area contributed by atoms with E-state index in [4.69, 9.17) is 0 Å². The lowest BCUT2D eigenvalue weighted by Gasteiger charge is -2.05. The number of hydrogen-bond acceptors (Lipinski definition) is 1. The molecule has 0 spiro atoms. The van der Waals surface area contributed by atoms with Crippen LogP contribution in [-0.2, 0) is 13.1 Å². The Morgan fingerprint density at radius 3 is 2.77 bits per heavy atom. The Kier molecular flexibility index (Phi) is 2.34. The number of hydrogen-bond donors (Lipinski definition) is 1. The molecule has 0 radical (unpaired) electrons. The van der Waals surface area contributed by atoms with Crippen molar-refractivity contribution in [3.05, 3.63) is 33.3 Å². The third-order valence-corrected chi connectivity index (χ3v) is 2.89. The Hall–Kier alpha value is -0.480. The van der Waals surface area contributed by atoms with E-state index < -0.39 is 6.43 Å². The Bertz CT molecular complexity index is 339. The van der Waals surface area contributed by atoms with Crippen molar-refractivity contribution in [2.75, 3.05) is 0 Å². The van der Waals surface area contributed by atoms with Crippen LogP contribution in [0.15, 0.2) is 16.6 Å². The minimum atomic E-state index is -2.39. The molecule has 1 N–H and O–H groups in total. The first-order valence-electron chi connectivity index (χ1n) is 3.98. The van der Waals surface area contributed by atoms with Crippen LogP contribution in [0, 0.1) is 0 Å². The molecule has 0 amide bonds. The summed E-state index contributed by atoms with van der Waals surface area (Å²) in [7, 11) is 0. The number of benzene rings is 1. The number of alkyl halides is 2. The molecule has 0 aliphatic carbocycles. The van der Waals surface area contributed by atoms with Crippen LogP contribution in [-0.4, -0.2) is 0 Å². The van der Waals surface area contributed by atoms with Crippen molar-refractivity contribution in [3.8, 4) is 0 Å². The molecular weight excluding hydrogens is 240 g/mol. The van der Waals surface area contributed by atoms with Gasteiger partial charge in [0.2, 0.25) is 0 Å².